The van der Waals surface area contributed by atoms with E-state index >= 15 is 0 Å². The molecule has 0 atom stereocenters. The van der Waals surface area contributed by atoms with Crippen molar-refractivity contribution in [2.75, 3.05) is 17.1 Å². The van der Waals surface area contributed by atoms with Gasteiger partial charge in [-0.15, -0.1) is 0 Å². The number of pyridine rings is 1. The predicted molar refractivity (Wildman–Crippen MR) is 89.2 cm³/mol. The molecule has 0 fully saturated rings. The van der Waals surface area contributed by atoms with E-state index in [1.165, 1.54) is 0 Å². The summed E-state index contributed by atoms with van der Waals surface area (Å²) in [6.07, 6.45) is 3.90. The topological polar surface area (TPSA) is 79.4 Å². The fourth-order valence-corrected chi connectivity index (χ4v) is 3.07. The first kappa shape index (κ1) is 18.8. The average molecular weight is 369 g/mol. The molecule has 0 radical (unpaired) electrons. The number of amides is 1. The second-order valence-electron chi connectivity index (χ2n) is 5.31. The summed E-state index contributed by atoms with van der Waals surface area (Å²) in [4.78, 5) is 15.8. The summed E-state index contributed by atoms with van der Waals surface area (Å²) in [7, 11) is -3.83. The van der Waals surface area contributed by atoms with Crippen LogP contribution in [-0.4, -0.2) is 32.1 Å². The van der Waals surface area contributed by atoms with E-state index < -0.39 is 27.6 Å². The summed E-state index contributed by atoms with van der Waals surface area (Å²) in [5, 5.41) is 2.64. The highest BCUT2D eigenvalue weighted by molar-refractivity contribution is 7.92. The molecule has 1 heterocycles. The van der Waals surface area contributed by atoms with E-state index in [1.807, 2.05) is 0 Å². The van der Waals surface area contributed by atoms with Crippen molar-refractivity contribution in [1.29, 1.82) is 0 Å². The van der Waals surface area contributed by atoms with Crippen LogP contribution in [0.25, 0.3) is 0 Å². The monoisotopic (exact) mass is 369 g/mol. The zero-order valence-electron chi connectivity index (χ0n) is 13.4. The molecule has 2 rings (SSSR count). The molecule has 0 spiro atoms. The molecule has 9 heteroatoms. The number of benzene rings is 1. The quantitative estimate of drug-likeness (QED) is 0.808. The molecule has 6 nitrogen and oxygen atoms in total. The molecule has 0 unspecified atom stereocenters. The predicted octanol–water partition coefficient (Wildman–Crippen LogP) is 1.83. The molecule has 0 aliphatic carbocycles. The van der Waals surface area contributed by atoms with Gasteiger partial charge in [0.1, 0.15) is 11.6 Å². The van der Waals surface area contributed by atoms with Crippen LogP contribution in [0.4, 0.5) is 14.5 Å². The summed E-state index contributed by atoms with van der Waals surface area (Å²) >= 11 is 0. The molecule has 1 N–H and O–H groups in total. The van der Waals surface area contributed by atoms with Gasteiger partial charge in [0, 0.05) is 38.0 Å². The Morgan fingerprint density at radius 3 is 2.48 bits per heavy atom. The van der Waals surface area contributed by atoms with Gasteiger partial charge < -0.3 is 5.32 Å². The summed E-state index contributed by atoms with van der Waals surface area (Å²) in [6, 6.07) is 6.05. The Kier molecular flexibility index (Phi) is 6.02. The van der Waals surface area contributed by atoms with Crippen LogP contribution >= 0.6 is 0 Å². The maximum atomic E-state index is 13.9. The number of nitrogens with zero attached hydrogens (tertiary/aromatic N) is 2. The van der Waals surface area contributed by atoms with Crippen LogP contribution in [0.1, 0.15) is 12.0 Å². The molecule has 0 bridgehead atoms. The van der Waals surface area contributed by atoms with Crippen LogP contribution in [0.15, 0.2) is 42.7 Å². The van der Waals surface area contributed by atoms with Crippen LogP contribution in [0.2, 0.25) is 0 Å². The smallest absolute Gasteiger partial charge is 0.232 e. The fourth-order valence-electron chi connectivity index (χ4n) is 2.14. The SMILES string of the molecule is CS(=O)(=O)N(CCC(=O)NCc1ccncc1)c1ccc(F)cc1F. The Morgan fingerprint density at radius 2 is 1.88 bits per heavy atom. The number of rotatable bonds is 7. The summed E-state index contributed by atoms with van der Waals surface area (Å²) in [6.45, 7) is 0.00863. The number of aromatic nitrogens is 1. The Hall–Kier alpha value is -2.55. The number of nitrogens with one attached hydrogen (secondary N) is 1. The van der Waals surface area contributed by atoms with Gasteiger partial charge >= 0.3 is 0 Å². The Balaban J connectivity index is 2.02. The maximum Gasteiger partial charge on any atom is 0.232 e. The number of hydrogen-bond donors (Lipinski definition) is 1. The van der Waals surface area contributed by atoms with Gasteiger partial charge in [0.2, 0.25) is 15.9 Å². The molecule has 0 saturated carbocycles. The van der Waals surface area contributed by atoms with Crippen LogP contribution in [-0.2, 0) is 21.4 Å². The number of halogens is 2. The van der Waals surface area contributed by atoms with Crippen LogP contribution in [0.5, 0.6) is 0 Å². The van der Waals surface area contributed by atoms with E-state index in [1.54, 1.807) is 24.5 Å². The third kappa shape index (κ3) is 5.49. The minimum atomic E-state index is -3.83. The van der Waals surface area contributed by atoms with E-state index in [0.717, 1.165) is 28.3 Å². The second-order valence-corrected chi connectivity index (χ2v) is 7.22. The highest BCUT2D eigenvalue weighted by atomic mass is 32.2. The van der Waals surface area contributed by atoms with Crippen LogP contribution in [0.3, 0.4) is 0 Å². The molecule has 25 heavy (non-hydrogen) atoms. The lowest BCUT2D eigenvalue weighted by Crippen LogP contribution is -2.35. The van der Waals surface area contributed by atoms with Gasteiger partial charge in [0.15, 0.2) is 0 Å². The van der Waals surface area contributed by atoms with Gasteiger partial charge in [-0.05, 0) is 29.8 Å². The number of carbonyl (C=O) groups is 1. The number of anilines is 1. The highest BCUT2D eigenvalue weighted by Gasteiger charge is 2.22. The normalized spacial score (nSPS) is 11.2. The third-order valence-corrected chi connectivity index (χ3v) is 4.54. The first-order valence-electron chi connectivity index (χ1n) is 7.36. The van der Waals surface area contributed by atoms with Crippen LogP contribution < -0.4 is 9.62 Å². The standard InChI is InChI=1S/C16H17F2N3O3S/c1-25(23,24)21(15-3-2-13(17)10-14(15)18)9-6-16(22)20-11-12-4-7-19-8-5-12/h2-5,7-8,10H,6,9,11H2,1H3,(H,20,22). The van der Waals surface area contributed by atoms with Gasteiger partial charge in [0.25, 0.3) is 0 Å². The summed E-state index contributed by atoms with van der Waals surface area (Å²) < 4.78 is 51.4. The molecule has 1 amide bonds. The first-order valence-corrected chi connectivity index (χ1v) is 9.20. The molecule has 0 saturated heterocycles. The zero-order chi connectivity index (χ0) is 18.4. The molecular weight excluding hydrogens is 352 g/mol. The molecule has 0 aliphatic rings. The Morgan fingerprint density at radius 1 is 1.20 bits per heavy atom. The third-order valence-electron chi connectivity index (χ3n) is 3.36. The van der Waals surface area contributed by atoms with E-state index in [-0.39, 0.29) is 25.2 Å². The average Bonchev–Trinajstić information content (AvgIpc) is 2.54. The summed E-state index contributed by atoms with van der Waals surface area (Å²) in [5.74, 6) is -2.22. The van der Waals surface area contributed by atoms with Gasteiger partial charge in [-0.3, -0.25) is 14.1 Å². The van der Waals surface area contributed by atoms with E-state index in [4.69, 9.17) is 0 Å². The van der Waals surface area contributed by atoms with Crippen molar-refractivity contribution < 1.29 is 22.0 Å². The highest BCUT2D eigenvalue weighted by Crippen LogP contribution is 2.22. The lowest BCUT2D eigenvalue weighted by molar-refractivity contribution is -0.121. The van der Waals surface area contributed by atoms with E-state index in [0.29, 0.717) is 6.07 Å². The molecule has 0 aliphatic heterocycles. The zero-order valence-corrected chi connectivity index (χ0v) is 14.3. The first-order chi connectivity index (χ1) is 11.8. The second kappa shape index (κ2) is 8.02. The number of hydrogen-bond acceptors (Lipinski definition) is 4. The molecule has 1 aromatic carbocycles. The van der Waals surface area contributed by atoms with Crippen molar-refractivity contribution in [1.82, 2.24) is 10.3 Å². The maximum absolute atomic E-state index is 13.9. The van der Waals surface area contributed by atoms with Crippen molar-refractivity contribution in [2.45, 2.75) is 13.0 Å². The lowest BCUT2D eigenvalue weighted by Gasteiger charge is -2.22. The fraction of sp³-hybridized carbons (Fsp3) is 0.250. The van der Waals surface area contributed by atoms with E-state index in [2.05, 4.69) is 10.3 Å². The van der Waals surface area contributed by atoms with Crippen LogP contribution in [0, 0.1) is 11.6 Å². The Labute approximate surface area is 144 Å². The molecule has 1 aromatic heterocycles. The molecular formula is C16H17F2N3O3S. The van der Waals surface area contributed by atoms with Crippen molar-refractivity contribution in [2.24, 2.45) is 0 Å². The minimum absolute atomic E-state index is 0.172. The van der Waals surface area contributed by atoms with Crippen molar-refractivity contribution >= 4 is 21.6 Å². The number of sulfonamides is 1. The molecule has 134 valence electrons. The van der Waals surface area contributed by atoms with Gasteiger partial charge in [-0.1, -0.05) is 0 Å². The van der Waals surface area contributed by atoms with Crippen molar-refractivity contribution in [3.05, 3.63) is 59.9 Å². The lowest BCUT2D eigenvalue weighted by atomic mass is 10.2. The largest absolute Gasteiger partial charge is 0.352 e. The molecule has 2 aromatic rings. The summed E-state index contributed by atoms with van der Waals surface area (Å²) in [5.41, 5.74) is 0.540. The number of carbonyl (C=O) groups excluding carboxylic acids is 1. The van der Waals surface area contributed by atoms with E-state index in [9.17, 15) is 22.0 Å². The van der Waals surface area contributed by atoms with Crippen molar-refractivity contribution in [3.8, 4) is 0 Å². The van der Waals surface area contributed by atoms with Crippen molar-refractivity contribution in [3.63, 3.8) is 0 Å². The van der Waals surface area contributed by atoms with Gasteiger partial charge in [-0.25, -0.2) is 17.2 Å². The van der Waals surface area contributed by atoms with Gasteiger partial charge in [0.05, 0.1) is 11.9 Å². The Bertz CT molecular complexity index is 845. The minimum Gasteiger partial charge on any atom is -0.352 e. The van der Waals surface area contributed by atoms with Gasteiger partial charge in [-0.2, -0.15) is 0 Å².